The Balaban J connectivity index is 2.01. The molecule has 1 fully saturated rings. The van der Waals surface area contributed by atoms with Gasteiger partial charge in [0.05, 0.1) is 12.0 Å². The summed E-state index contributed by atoms with van der Waals surface area (Å²) >= 11 is 3.61. The zero-order chi connectivity index (χ0) is 13.2. The Bertz CT molecular complexity index is 571. The van der Waals surface area contributed by atoms with Gasteiger partial charge in [0.2, 0.25) is 0 Å². The maximum atomic E-state index is 4.36. The number of hydrogen-bond acceptors (Lipinski definition) is 2. The fourth-order valence-corrected chi connectivity index (χ4v) is 3.13. The van der Waals surface area contributed by atoms with Crippen LogP contribution in [0.5, 0.6) is 0 Å². The molecule has 1 unspecified atom stereocenters. The molecule has 3 rings (SSSR count). The number of hydrogen-bond donors (Lipinski definition) is 1. The van der Waals surface area contributed by atoms with Crippen LogP contribution in [0.2, 0.25) is 0 Å². The molecule has 0 radical (unpaired) electrons. The molecule has 0 spiro atoms. The normalized spacial score (nSPS) is 19.6. The van der Waals surface area contributed by atoms with Crippen LogP contribution in [0.4, 0.5) is 0 Å². The first-order valence-electron chi connectivity index (χ1n) is 6.76. The molecule has 0 bridgehead atoms. The van der Waals surface area contributed by atoms with Crippen molar-refractivity contribution < 1.29 is 0 Å². The van der Waals surface area contributed by atoms with Crippen LogP contribution < -0.4 is 5.32 Å². The first-order chi connectivity index (χ1) is 9.27. The first-order valence-corrected chi connectivity index (χ1v) is 7.55. The fourth-order valence-electron chi connectivity index (χ4n) is 2.77. The van der Waals surface area contributed by atoms with Crippen LogP contribution in [-0.4, -0.2) is 22.6 Å². The predicted octanol–water partition coefficient (Wildman–Crippen LogP) is 3.41. The summed E-state index contributed by atoms with van der Waals surface area (Å²) in [6.07, 6.45) is 6.43. The zero-order valence-electron chi connectivity index (χ0n) is 11.1. The summed E-state index contributed by atoms with van der Waals surface area (Å²) in [4.78, 5) is 4.36. The lowest BCUT2D eigenvalue weighted by atomic mass is 9.96. The molecule has 1 aliphatic heterocycles. The topological polar surface area (TPSA) is 29.9 Å². The zero-order valence-corrected chi connectivity index (χ0v) is 12.7. The Morgan fingerprint density at radius 2 is 2.32 bits per heavy atom. The molecule has 2 heterocycles. The Morgan fingerprint density at radius 3 is 3.11 bits per heavy atom. The summed E-state index contributed by atoms with van der Waals surface area (Å²) < 4.78 is 3.38. The molecule has 1 aromatic heterocycles. The molecular formula is C15H18BrN3. The molecule has 1 aromatic carbocycles. The molecule has 4 heteroatoms. The molecule has 2 aromatic rings. The Kier molecular flexibility index (Phi) is 3.71. The van der Waals surface area contributed by atoms with Gasteiger partial charge in [-0.25, -0.2) is 4.98 Å². The summed E-state index contributed by atoms with van der Waals surface area (Å²) in [6.45, 7) is 4.33. The second-order valence-corrected chi connectivity index (χ2v) is 5.97. The van der Waals surface area contributed by atoms with Crippen molar-refractivity contribution in [2.75, 3.05) is 13.1 Å². The van der Waals surface area contributed by atoms with E-state index in [-0.39, 0.29) is 0 Å². The highest BCUT2D eigenvalue weighted by atomic mass is 79.9. The van der Waals surface area contributed by atoms with Crippen molar-refractivity contribution in [3.8, 4) is 5.69 Å². The Morgan fingerprint density at radius 1 is 1.42 bits per heavy atom. The SMILES string of the molecule is Cc1c(Br)cccc1-n1cncc1C1CCCNC1. The molecule has 0 saturated carbocycles. The van der Waals surface area contributed by atoms with Crippen molar-refractivity contribution in [2.45, 2.75) is 25.7 Å². The van der Waals surface area contributed by atoms with Crippen LogP contribution in [-0.2, 0) is 0 Å². The van der Waals surface area contributed by atoms with Gasteiger partial charge in [-0.05, 0) is 44.0 Å². The third kappa shape index (κ3) is 2.47. The van der Waals surface area contributed by atoms with Crippen LogP contribution in [0.15, 0.2) is 35.2 Å². The second-order valence-electron chi connectivity index (χ2n) is 5.12. The maximum absolute atomic E-state index is 4.36. The number of rotatable bonds is 2. The summed E-state index contributed by atoms with van der Waals surface area (Å²) in [7, 11) is 0. The van der Waals surface area contributed by atoms with Gasteiger partial charge in [-0.15, -0.1) is 0 Å². The summed E-state index contributed by atoms with van der Waals surface area (Å²) in [6, 6.07) is 6.31. The first kappa shape index (κ1) is 12.9. The van der Waals surface area contributed by atoms with E-state index >= 15 is 0 Å². The van der Waals surface area contributed by atoms with Crippen LogP contribution in [0.1, 0.15) is 30.0 Å². The minimum absolute atomic E-state index is 0.564. The van der Waals surface area contributed by atoms with Crippen molar-refractivity contribution in [3.05, 3.63) is 46.5 Å². The lowest BCUT2D eigenvalue weighted by Gasteiger charge is -2.24. The quantitative estimate of drug-likeness (QED) is 0.919. The number of imidazole rings is 1. The molecule has 1 atom stereocenters. The minimum Gasteiger partial charge on any atom is -0.316 e. The standard InChI is InChI=1S/C15H18BrN3/c1-11-13(16)5-2-6-14(11)19-10-18-9-15(19)12-4-3-7-17-8-12/h2,5-6,9-10,12,17H,3-4,7-8H2,1H3. The highest BCUT2D eigenvalue weighted by molar-refractivity contribution is 9.10. The molecule has 0 aliphatic carbocycles. The van der Waals surface area contributed by atoms with E-state index in [2.05, 4.69) is 55.9 Å². The smallest absolute Gasteiger partial charge is 0.0994 e. The number of nitrogens with one attached hydrogen (secondary N) is 1. The maximum Gasteiger partial charge on any atom is 0.0994 e. The number of benzene rings is 1. The van der Waals surface area contributed by atoms with E-state index in [0.29, 0.717) is 5.92 Å². The summed E-state index contributed by atoms with van der Waals surface area (Å²) in [5.74, 6) is 0.564. The van der Waals surface area contributed by atoms with Gasteiger partial charge >= 0.3 is 0 Å². The van der Waals surface area contributed by atoms with Crippen LogP contribution in [0, 0.1) is 6.92 Å². The molecule has 19 heavy (non-hydrogen) atoms. The van der Waals surface area contributed by atoms with Gasteiger partial charge in [0.25, 0.3) is 0 Å². The number of piperidine rings is 1. The third-order valence-corrected chi connectivity index (χ3v) is 4.74. The van der Waals surface area contributed by atoms with Crippen molar-refractivity contribution in [1.29, 1.82) is 0 Å². The summed E-state index contributed by atoms with van der Waals surface area (Å²) in [5, 5.41) is 3.48. The largest absolute Gasteiger partial charge is 0.316 e. The van der Waals surface area contributed by atoms with E-state index in [0.717, 1.165) is 17.6 Å². The van der Waals surface area contributed by atoms with Crippen molar-refractivity contribution >= 4 is 15.9 Å². The van der Waals surface area contributed by atoms with Crippen LogP contribution in [0.3, 0.4) is 0 Å². The van der Waals surface area contributed by atoms with E-state index in [1.165, 1.54) is 29.8 Å². The van der Waals surface area contributed by atoms with E-state index < -0.39 is 0 Å². The van der Waals surface area contributed by atoms with Crippen molar-refractivity contribution in [2.24, 2.45) is 0 Å². The number of nitrogens with zero attached hydrogens (tertiary/aromatic N) is 2. The number of aromatic nitrogens is 2. The third-order valence-electron chi connectivity index (χ3n) is 3.88. The lowest BCUT2D eigenvalue weighted by molar-refractivity contribution is 0.451. The average Bonchev–Trinajstić information content (AvgIpc) is 2.92. The Labute approximate surface area is 122 Å². The van der Waals surface area contributed by atoms with Crippen LogP contribution >= 0.6 is 15.9 Å². The van der Waals surface area contributed by atoms with Gasteiger partial charge in [-0.1, -0.05) is 22.0 Å². The van der Waals surface area contributed by atoms with E-state index in [1.54, 1.807) is 0 Å². The molecule has 1 aliphatic rings. The van der Waals surface area contributed by atoms with Gasteiger partial charge in [0, 0.05) is 28.8 Å². The van der Waals surface area contributed by atoms with E-state index in [9.17, 15) is 0 Å². The van der Waals surface area contributed by atoms with Gasteiger partial charge in [0.1, 0.15) is 0 Å². The Hall–Kier alpha value is -1.13. The van der Waals surface area contributed by atoms with Gasteiger partial charge < -0.3 is 9.88 Å². The molecule has 0 amide bonds. The molecular weight excluding hydrogens is 302 g/mol. The molecule has 3 nitrogen and oxygen atoms in total. The van der Waals surface area contributed by atoms with Crippen molar-refractivity contribution in [1.82, 2.24) is 14.9 Å². The second kappa shape index (κ2) is 5.47. The molecule has 1 N–H and O–H groups in total. The lowest BCUT2D eigenvalue weighted by Crippen LogP contribution is -2.29. The van der Waals surface area contributed by atoms with Gasteiger partial charge in [-0.2, -0.15) is 0 Å². The number of halogens is 1. The van der Waals surface area contributed by atoms with E-state index in [4.69, 9.17) is 0 Å². The highest BCUT2D eigenvalue weighted by Gasteiger charge is 2.20. The minimum atomic E-state index is 0.564. The van der Waals surface area contributed by atoms with Crippen molar-refractivity contribution in [3.63, 3.8) is 0 Å². The monoisotopic (exact) mass is 319 g/mol. The average molecular weight is 320 g/mol. The fraction of sp³-hybridized carbons (Fsp3) is 0.400. The predicted molar refractivity (Wildman–Crippen MR) is 80.8 cm³/mol. The molecule has 100 valence electrons. The molecule has 1 saturated heterocycles. The highest BCUT2D eigenvalue weighted by Crippen LogP contribution is 2.28. The van der Waals surface area contributed by atoms with Gasteiger partial charge in [-0.3, -0.25) is 0 Å². The van der Waals surface area contributed by atoms with Crippen LogP contribution in [0.25, 0.3) is 5.69 Å². The summed E-state index contributed by atoms with van der Waals surface area (Å²) in [5.41, 5.74) is 3.78. The van der Waals surface area contributed by atoms with E-state index in [1.807, 2.05) is 12.5 Å². The van der Waals surface area contributed by atoms with Gasteiger partial charge in [0.15, 0.2) is 0 Å².